The fraction of sp³-hybridized carbons (Fsp3) is 0.476. The van der Waals surface area contributed by atoms with Crippen molar-refractivity contribution >= 4 is 28.9 Å². The van der Waals surface area contributed by atoms with Crippen molar-refractivity contribution in [1.82, 2.24) is 19.7 Å². The van der Waals surface area contributed by atoms with Gasteiger partial charge in [-0.2, -0.15) is 0 Å². The second-order valence-corrected chi connectivity index (χ2v) is 9.49. The Morgan fingerprint density at radius 2 is 2.11 bits per heavy atom. The van der Waals surface area contributed by atoms with Crippen LogP contribution in [-0.4, -0.2) is 31.3 Å². The molecule has 1 fully saturated rings. The van der Waals surface area contributed by atoms with Gasteiger partial charge >= 0.3 is 0 Å². The van der Waals surface area contributed by atoms with Gasteiger partial charge in [0, 0.05) is 34.3 Å². The summed E-state index contributed by atoms with van der Waals surface area (Å²) < 4.78 is 2.33. The number of ketones is 1. The SMILES string of the molecule is Cc1cc(C(=O)CSc2nnc(Cc3cccs3)n2C2CCCCC2)c(C)[nH]1. The van der Waals surface area contributed by atoms with Crippen molar-refractivity contribution in [3.05, 3.63) is 51.2 Å². The molecule has 1 aliphatic carbocycles. The van der Waals surface area contributed by atoms with Crippen LogP contribution in [0.4, 0.5) is 0 Å². The van der Waals surface area contributed by atoms with E-state index in [2.05, 4.69) is 37.3 Å². The van der Waals surface area contributed by atoms with E-state index in [0.29, 0.717) is 11.8 Å². The zero-order chi connectivity index (χ0) is 19.5. The molecule has 148 valence electrons. The molecule has 0 spiro atoms. The number of aryl methyl sites for hydroxylation is 2. The summed E-state index contributed by atoms with van der Waals surface area (Å²) in [6.45, 7) is 3.93. The van der Waals surface area contributed by atoms with Crippen LogP contribution >= 0.6 is 23.1 Å². The van der Waals surface area contributed by atoms with E-state index in [0.717, 1.165) is 34.4 Å². The molecule has 0 aliphatic heterocycles. The summed E-state index contributed by atoms with van der Waals surface area (Å²) in [5, 5.41) is 12.0. The molecule has 0 aromatic carbocycles. The van der Waals surface area contributed by atoms with Gasteiger partial charge in [0.15, 0.2) is 10.9 Å². The molecule has 1 N–H and O–H groups in total. The van der Waals surface area contributed by atoms with Gasteiger partial charge in [0.2, 0.25) is 0 Å². The Balaban J connectivity index is 1.54. The number of nitrogens with zero attached hydrogens (tertiary/aromatic N) is 3. The number of thioether (sulfide) groups is 1. The number of Topliss-reactive ketones (excluding diaryl/α,β-unsaturated/α-hetero) is 1. The van der Waals surface area contributed by atoms with Gasteiger partial charge in [-0.3, -0.25) is 4.79 Å². The molecule has 28 heavy (non-hydrogen) atoms. The monoisotopic (exact) mass is 414 g/mol. The second-order valence-electron chi connectivity index (χ2n) is 7.52. The largest absolute Gasteiger partial charge is 0.362 e. The van der Waals surface area contributed by atoms with Crippen LogP contribution < -0.4 is 0 Å². The second kappa shape index (κ2) is 8.66. The highest BCUT2D eigenvalue weighted by molar-refractivity contribution is 7.99. The Hall–Kier alpha value is -1.86. The highest BCUT2D eigenvalue weighted by Crippen LogP contribution is 2.33. The lowest BCUT2D eigenvalue weighted by Gasteiger charge is -2.25. The van der Waals surface area contributed by atoms with E-state index in [4.69, 9.17) is 0 Å². The van der Waals surface area contributed by atoms with Crippen molar-refractivity contribution in [2.75, 3.05) is 5.75 Å². The van der Waals surface area contributed by atoms with Gasteiger partial charge in [-0.15, -0.1) is 21.5 Å². The third kappa shape index (κ3) is 4.25. The number of carbonyl (C=O) groups excluding carboxylic acids is 1. The molecule has 3 aromatic heterocycles. The number of H-pyrrole nitrogens is 1. The van der Waals surface area contributed by atoms with Crippen LogP contribution in [0.3, 0.4) is 0 Å². The van der Waals surface area contributed by atoms with E-state index in [1.807, 2.05) is 19.9 Å². The van der Waals surface area contributed by atoms with Crippen molar-refractivity contribution < 1.29 is 4.79 Å². The van der Waals surface area contributed by atoms with Crippen LogP contribution in [0.5, 0.6) is 0 Å². The predicted octanol–water partition coefficient (Wildman–Crippen LogP) is 5.36. The van der Waals surface area contributed by atoms with Crippen molar-refractivity contribution in [1.29, 1.82) is 0 Å². The first kappa shape index (κ1) is 19.5. The molecule has 0 bridgehead atoms. The number of nitrogens with one attached hydrogen (secondary N) is 1. The first-order valence-corrected chi connectivity index (χ1v) is 11.8. The fourth-order valence-corrected chi connectivity index (χ4v) is 5.63. The van der Waals surface area contributed by atoms with Crippen LogP contribution in [0, 0.1) is 13.8 Å². The van der Waals surface area contributed by atoms with Gasteiger partial charge in [0.1, 0.15) is 5.82 Å². The van der Waals surface area contributed by atoms with Crippen molar-refractivity contribution in [3.8, 4) is 0 Å². The molecule has 0 atom stereocenters. The summed E-state index contributed by atoms with van der Waals surface area (Å²) in [5.74, 6) is 1.56. The summed E-state index contributed by atoms with van der Waals surface area (Å²) >= 11 is 3.28. The van der Waals surface area contributed by atoms with Crippen molar-refractivity contribution in [2.24, 2.45) is 0 Å². The number of hydrogen-bond donors (Lipinski definition) is 1. The van der Waals surface area contributed by atoms with Gasteiger partial charge in [-0.05, 0) is 44.2 Å². The Morgan fingerprint density at radius 3 is 2.79 bits per heavy atom. The average Bonchev–Trinajstić information content (AvgIpc) is 3.42. The fourth-order valence-electron chi connectivity index (χ4n) is 4.02. The van der Waals surface area contributed by atoms with Gasteiger partial charge < -0.3 is 9.55 Å². The summed E-state index contributed by atoms with van der Waals surface area (Å²) in [4.78, 5) is 17.2. The highest BCUT2D eigenvalue weighted by Gasteiger charge is 2.24. The molecular formula is C21H26N4OS2. The average molecular weight is 415 g/mol. The third-order valence-electron chi connectivity index (χ3n) is 5.37. The molecule has 0 saturated heterocycles. The quantitative estimate of drug-likeness (QED) is 0.418. The maximum absolute atomic E-state index is 12.7. The zero-order valence-electron chi connectivity index (χ0n) is 16.4. The number of carbonyl (C=O) groups is 1. The van der Waals surface area contributed by atoms with Crippen LogP contribution in [-0.2, 0) is 6.42 Å². The summed E-state index contributed by atoms with van der Waals surface area (Å²) in [7, 11) is 0. The van der Waals surface area contributed by atoms with E-state index >= 15 is 0 Å². The lowest BCUT2D eigenvalue weighted by Crippen LogP contribution is -2.17. The van der Waals surface area contributed by atoms with Crippen LogP contribution in [0.25, 0.3) is 0 Å². The molecule has 0 amide bonds. The number of aromatic amines is 1. The predicted molar refractivity (Wildman–Crippen MR) is 115 cm³/mol. The van der Waals surface area contributed by atoms with Crippen LogP contribution in [0.1, 0.15) is 70.6 Å². The summed E-state index contributed by atoms with van der Waals surface area (Å²) in [6.07, 6.45) is 6.98. The van der Waals surface area contributed by atoms with Crippen molar-refractivity contribution in [2.45, 2.75) is 63.6 Å². The van der Waals surface area contributed by atoms with Crippen LogP contribution in [0.15, 0.2) is 28.7 Å². The van der Waals surface area contributed by atoms with Crippen molar-refractivity contribution in [3.63, 3.8) is 0 Å². The molecule has 0 radical (unpaired) electrons. The molecule has 3 heterocycles. The van der Waals surface area contributed by atoms with Crippen LogP contribution in [0.2, 0.25) is 0 Å². The van der Waals surface area contributed by atoms with E-state index in [1.165, 1.54) is 48.7 Å². The lowest BCUT2D eigenvalue weighted by atomic mass is 9.95. The van der Waals surface area contributed by atoms with E-state index in [9.17, 15) is 4.79 Å². The molecule has 3 aromatic rings. The van der Waals surface area contributed by atoms with Gasteiger partial charge in [0.25, 0.3) is 0 Å². The third-order valence-corrected chi connectivity index (χ3v) is 7.19. The molecule has 1 saturated carbocycles. The Morgan fingerprint density at radius 1 is 1.29 bits per heavy atom. The van der Waals surface area contributed by atoms with Gasteiger partial charge in [-0.1, -0.05) is 37.1 Å². The maximum Gasteiger partial charge on any atom is 0.191 e. The normalized spacial score (nSPS) is 15.2. The molecular weight excluding hydrogens is 388 g/mol. The number of aromatic nitrogens is 4. The van der Waals surface area contributed by atoms with Gasteiger partial charge in [0.05, 0.1) is 5.75 Å². The maximum atomic E-state index is 12.7. The molecule has 5 nitrogen and oxygen atoms in total. The van der Waals surface area contributed by atoms with E-state index in [1.54, 1.807) is 11.3 Å². The number of thiophene rings is 1. The topological polar surface area (TPSA) is 63.6 Å². The minimum Gasteiger partial charge on any atom is -0.362 e. The molecule has 7 heteroatoms. The minimum absolute atomic E-state index is 0.143. The van der Waals surface area contributed by atoms with E-state index < -0.39 is 0 Å². The Kier molecular flexibility index (Phi) is 6.01. The highest BCUT2D eigenvalue weighted by atomic mass is 32.2. The first-order chi connectivity index (χ1) is 13.6. The standard InChI is InChI=1S/C21H26N4OS2/c1-14-11-18(15(2)22-14)19(26)13-28-21-24-23-20(12-17-9-6-10-27-17)25(21)16-7-4-3-5-8-16/h6,9-11,16,22H,3-5,7-8,12-13H2,1-2H3. The zero-order valence-corrected chi connectivity index (χ0v) is 18.0. The molecule has 0 unspecified atom stereocenters. The smallest absolute Gasteiger partial charge is 0.191 e. The summed E-state index contributed by atoms with van der Waals surface area (Å²) in [6, 6.07) is 6.62. The number of hydrogen-bond acceptors (Lipinski definition) is 5. The minimum atomic E-state index is 0.143. The first-order valence-electron chi connectivity index (χ1n) is 9.90. The molecule has 4 rings (SSSR count). The molecule has 1 aliphatic rings. The lowest BCUT2D eigenvalue weighted by molar-refractivity contribution is 0.102. The Bertz CT molecular complexity index is 936. The van der Waals surface area contributed by atoms with E-state index in [-0.39, 0.29) is 5.78 Å². The Labute approximate surface area is 174 Å². The van der Waals surface area contributed by atoms with Gasteiger partial charge in [-0.25, -0.2) is 0 Å². The summed E-state index contributed by atoms with van der Waals surface area (Å²) in [5.41, 5.74) is 2.75. The number of rotatable bonds is 7.